The van der Waals surface area contributed by atoms with Crippen LogP contribution in [0.2, 0.25) is 0 Å². The molecule has 2 heterocycles. The maximum absolute atomic E-state index is 13.0. The van der Waals surface area contributed by atoms with Crippen molar-refractivity contribution in [1.29, 1.82) is 0 Å². The van der Waals surface area contributed by atoms with Gasteiger partial charge < -0.3 is 9.15 Å². The van der Waals surface area contributed by atoms with Crippen molar-refractivity contribution in [2.24, 2.45) is 5.92 Å². The maximum atomic E-state index is 13.0. The fourth-order valence-electron chi connectivity index (χ4n) is 3.38. The summed E-state index contributed by atoms with van der Waals surface area (Å²) in [6.07, 6.45) is 0. The molecule has 7 heteroatoms. The fourth-order valence-corrected chi connectivity index (χ4v) is 3.38. The minimum absolute atomic E-state index is 0.0524. The highest BCUT2D eigenvalue weighted by Crippen LogP contribution is 2.23. The van der Waals surface area contributed by atoms with Crippen LogP contribution in [0.15, 0.2) is 62.5 Å². The van der Waals surface area contributed by atoms with E-state index < -0.39 is 11.6 Å². The number of ether oxygens (including phenoxy) is 1. The number of nitrogens with zero attached hydrogens (tertiary/aromatic N) is 2. The Bertz CT molecular complexity index is 1400. The van der Waals surface area contributed by atoms with Gasteiger partial charge in [-0.1, -0.05) is 32.0 Å². The fraction of sp³-hybridized carbons (Fsp3) is 0.217. The van der Waals surface area contributed by atoms with Crippen LogP contribution in [-0.4, -0.2) is 15.7 Å². The first-order valence-corrected chi connectivity index (χ1v) is 9.60. The molecule has 0 spiro atoms. The van der Waals surface area contributed by atoms with Crippen LogP contribution in [0.25, 0.3) is 21.7 Å². The van der Waals surface area contributed by atoms with Crippen molar-refractivity contribution in [1.82, 2.24) is 9.78 Å². The van der Waals surface area contributed by atoms with Gasteiger partial charge in [-0.05, 0) is 36.6 Å². The normalized spacial score (nSPS) is 11.3. The molecule has 7 nitrogen and oxygen atoms in total. The molecule has 0 atom stereocenters. The molecule has 30 heavy (non-hydrogen) atoms. The molecular formula is C23H20N2O5. The second-order valence-corrected chi connectivity index (χ2v) is 7.57. The Hall–Kier alpha value is -3.74. The third-order valence-corrected chi connectivity index (χ3v) is 4.73. The van der Waals surface area contributed by atoms with E-state index in [1.54, 1.807) is 43.3 Å². The molecule has 0 saturated carbocycles. The number of esters is 1. The first-order valence-electron chi connectivity index (χ1n) is 9.60. The lowest BCUT2D eigenvalue weighted by molar-refractivity contribution is 0.0728. The summed E-state index contributed by atoms with van der Waals surface area (Å²) in [4.78, 5) is 37.3. The van der Waals surface area contributed by atoms with Gasteiger partial charge in [-0.25, -0.2) is 14.3 Å². The second kappa shape index (κ2) is 7.59. The van der Waals surface area contributed by atoms with E-state index in [0.29, 0.717) is 22.9 Å². The van der Waals surface area contributed by atoms with Crippen LogP contribution in [0.4, 0.5) is 0 Å². The number of benzene rings is 2. The van der Waals surface area contributed by atoms with Crippen molar-refractivity contribution in [3.63, 3.8) is 0 Å². The third-order valence-electron chi connectivity index (χ3n) is 4.73. The molecule has 0 bridgehead atoms. The lowest BCUT2D eigenvalue weighted by Gasteiger charge is -2.12. The molecule has 0 aliphatic rings. The van der Waals surface area contributed by atoms with Gasteiger partial charge in [0.25, 0.3) is 5.56 Å². The third kappa shape index (κ3) is 3.61. The molecule has 0 aliphatic heterocycles. The topological polar surface area (TPSA) is 91.4 Å². The molecule has 2 aromatic heterocycles. The number of hydrogen-bond donors (Lipinski definition) is 0. The number of carbonyl (C=O) groups is 1. The summed E-state index contributed by atoms with van der Waals surface area (Å²) in [7, 11) is 0. The average molecular weight is 404 g/mol. The van der Waals surface area contributed by atoms with Crippen molar-refractivity contribution in [3.05, 3.63) is 80.6 Å². The molecule has 2 aromatic carbocycles. The van der Waals surface area contributed by atoms with E-state index in [0.717, 1.165) is 10.9 Å². The van der Waals surface area contributed by atoms with Crippen LogP contribution in [0.3, 0.4) is 0 Å². The SMILES string of the molecule is Cc1cc(=O)oc2cc(OC(=O)c3nn(CC(C)C)c(=O)c4ccccc34)ccc12. The number of aryl methyl sites for hydroxylation is 1. The summed E-state index contributed by atoms with van der Waals surface area (Å²) in [6, 6.07) is 13.1. The second-order valence-electron chi connectivity index (χ2n) is 7.57. The molecule has 0 amide bonds. The quantitative estimate of drug-likeness (QED) is 0.293. The Labute approximate surface area is 171 Å². The maximum Gasteiger partial charge on any atom is 0.364 e. The number of fused-ring (bicyclic) bond motifs is 2. The van der Waals surface area contributed by atoms with Gasteiger partial charge in [-0.15, -0.1) is 0 Å². The minimum atomic E-state index is -0.696. The first kappa shape index (κ1) is 19.6. The van der Waals surface area contributed by atoms with Gasteiger partial charge in [-0.2, -0.15) is 5.10 Å². The lowest BCUT2D eigenvalue weighted by Crippen LogP contribution is -2.28. The van der Waals surface area contributed by atoms with Gasteiger partial charge in [-0.3, -0.25) is 4.79 Å². The summed E-state index contributed by atoms with van der Waals surface area (Å²) >= 11 is 0. The highest BCUT2D eigenvalue weighted by Gasteiger charge is 2.19. The molecule has 0 aliphatic carbocycles. The number of rotatable bonds is 4. The molecule has 4 aromatic rings. The molecular weight excluding hydrogens is 384 g/mol. The van der Waals surface area contributed by atoms with Crippen molar-refractivity contribution in [2.75, 3.05) is 0 Å². The Morgan fingerprint density at radius 1 is 1.07 bits per heavy atom. The largest absolute Gasteiger partial charge is 0.423 e. The van der Waals surface area contributed by atoms with Crippen LogP contribution < -0.4 is 15.9 Å². The minimum Gasteiger partial charge on any atom is -0.423 e. The number of aromatic nitrogens is 2. The Morgan fingerprint density at radius 2 is 1.80 bits per heavy atom. The Kier molecular flexibility index (Phi) is 4.95. The van der Waals surface area contributed by atoms with Crippen molar-refractivity contribution >= 4 is 27.7 Å². The zero-order valence-electron chi connectivity index (χ0n) is 16.8. The summed E-state index contributed by atoms with van der Waals surface area (Å²) in [6.45, 7) is 6.11. The molecule has 0 radical (unpaired) electrons. The van der Waals surface area contributed by atoms with Gasteiger partial charge in [0.05, 0.1) is 5.39 Å². The lowest BCUT2D eigenvalue weighted by atomic mass is 10.1. The van der Waals surface area contributed by atoms with Crippen LogP contribution in [-0.2, 0) is 6.54 Å². The van der Waals surface area contributed by atoms with Crippen molar-refractivity contribution < 1.29 is 13.9 Å². The zero-order valence-corrected chi connectivity index (χ0v) is 16.8. The molecule has 4 rings (SSSR count). The summed E-state index contributed by atoms with van der Waals surface area (Å²) in [5, 5.41) is 5.87. The highest BCUT2D eigenvalue weighted by atomic mass is 16.5. The first-order chi connectivity index (χ1) is 14.3. The van der Waals surface area contributed by atoms with Gasteiger partial charge in [0.1, 0.15) is 11.3 Å². The number of hydrogen-bond acceptors (Lipinski definition) is 6. The smallest absolute Gasteiger partial charge is 0.364 e. The molecule has 0 fully saturated rings. The highest BCUT2D eigenvalue weighted by molar-refractivity contribution is 6.03. The summed E-state index contributed by atoms with van der Waals surface area (Å²) in [5.74, 6) is -0.307. The van der Waals surface area contributed by atoms with Crippen LogP contribution >= 0.6 is 0 Å². The van der Waals surface area contributed by atoms with E-state index >= 15 is 0 Å². The van der Waals surface area contributed by atoms with Crippen LogP contribution in [0.1, 0.15) is 29.9 Å². The predicted octanol–water partition coefficient (Wildman–Crippen LogP) is 3.69. The Morgan fingerprint density at radius 3 is 2.53 bits per heavy atom. The standard InChI is InChI=1S/C23H20N2O5/c1-13(2)12-25-22(27)18-7-5-4-6-17(18)21(24-25)23(28)29-15-8-9-16-14(3)10-20(26)30-19(16)11-15/h4-11,13H,12H2,1-3H3. The molecule has 152 valence electrons. The van der Waals surface area contributed by atoms with Gasteiger partial charge in [0.15, 0.2) is 5.69 Å². The monoisotopic (exact) mass is 404 g/mol. The zero-order chi connectivity index (χ0) is 21.4. The van der Waals surface area contributed by atoms with E-state index in [2.05, 4.69) is 5.10 Å². The van der Waals surface area contributed by atoms with Crippen molar-refractivity contribution in [2.45, 2.75) is 27.3 Å². The number of carbonyl (C=O) groups excluding carboxylic acids is 1. The van der Waals surface area contributed by atoms with Gasteiger partial charge in [0, 0.05) is 29.4 Å². The predicted molar refractivity (Wildman–Crippen MR) is 113 cm³/mol. The van der Waals surface area contributed by atoms with Crippen LogP contribution in [0, 0.1) is 12.8 Å². The molecule has 0 saturated heterocycles. The van der Waals surface area contributed by atoms with Gasteiger partial charge >= 0.3 is 11.6 Å². The summed E-state index contributed by atoms with van der Waals surface area (Å²) < 4.78 is 12.0. The summed E-state index contributed by atoms with van der Waals surface area (Å²) in [5.41, 5.74) is 0.424. The van der Waals surface area contributed by atoms with Gasteiger partial charge in [0.2, 0.25) is 0 Å². The van der Waals surface area contributed by atoms with E-state index in [4.69, 9.17) is 9.15 Å². The average Bonchev–Trinajstić information content (AvgIpc) is 2.69. The van der Waals surface area contributed by atoms with E-state index in [1.807, 2.05) is 13.8 Å². The van der Waals surface area contributed by atoms with Crippen LogP contribution in [0.5, 0.6) is 5.75 Å². The van der Waals surface area contributed by atoms with E-state index in [-0.39, 0.29) is 22.9 Å². The molecule has 0 unspecified atom stereocenters. The Balaban J connectivity index is 1.78. The molecule has 0 N–H and O–H groups in total. The van der Waals surface area contributed by atoms with Crippen molar-refractivity contribution in [3.8, 4) is 5.75 Å². The van der Waals surface area contributed by atoms with E-state index in [1.165, 1.54) is 16.8 Å². The van der Waals surface area contributed by atoms with E-state index in [9.17, 15) is 14.4 Å².